The van der Waals surface area contributed by atoms with Gasteiger partial charge in [0.2, 0.25) is 0 Å². The summed E-state index contributed by atoms with van der Waals surface area (Å²) in [7, 11) is 0. The molecule has 0 aliphatic carbocycles. The number of nitrogens with one attached hydrogen (secondary N) is 2. The van der Waals surface area contributed by atoms with Crippen LogP contribution in [-0.2, 0) is 0 Å². The molecular weight excluding hydrogens is 290 g/mol. The van der Waals surface area contributed by atoms with E-state index in [-0.39, 0.29) is 22.6 Å². The zero-order valence-electron chi connectivity index (χ0n) is 11.1. The van der Waals surface area contributed by atoms with Crippen molar-refractivity contribution in [2.75, 3.05) is 10.6 Å². The number of nitro groups is 1. The van der Waals surface area contributed by atoms with Gasteiger partial charge in [-0.15, -0.1) is 0 Å². The van der Waals surface area contributed by atoms with Crippen LogP contribution in [0.2, 0.25) is 0 Å². The van der Waals surface area contributed by atoms with E-state index in [1.54, 1.807) is 12.1 Å². The molecule has 112 valence electrons. The minimum Gasteiger partial charge on any atom is -0.465 e. The lowest BCUT2D eigenvalue weighted by molar-refractivity contribution is -0.385. The number of para-hydroxylation sites is 3. The van der Waals surface area contributed by atoms with Gasteiger partial charge >= 0.3 is 6.09 Å². The number of hydrogen-bond acceptors (Lipinski definition) is 4. The van der Waals surface area contributed by atoms with E-state index in [9.17, 15) is 19.7 Å². The highest BCUT2D eigenvalue weighted by Crippen LogP contribution is 2.24. The van der Waals surface area contributed by atoms with Crippen molar-refractivity contribution >= 4 is 29.1 Å². The lowest BCUT2D eigenvalue weighted by Gasteiger charge is -2.10. The van der Waals surface area contributed by atoms with Crippen molar-refractivity contribution in [2.45, 2.75) is 0 Å². The van der Waals surface area contributed by atoms with E-state index >= 15 is 0 Å². The number of carboxylic acid groups (broad SMARTS) is 1. The molecule has 0 aliphatic rings. The highest BCUT2D eigenvalue weighted by molar-refractivity contribution is 6.09. The van der Waals surface area contributed by atoms with Crippen molar-refractivity contribution in [2.24, 2.45) is 0 Å². The number of amides is 2. The zero-order chi connectivity index (χ0) is 16.1. The molecule has 0 saturated carbocycles. The fourth-order valence-corrected chi connectivity index (χ4v) is 1.83. The molecule has 0 fully saturated rings. The summed E-state index contributed by atoms with van der Waals surface area (Å²) >= 11 is 0. The van der Waals surface area contributed by atoms with Crippen LogP contribution in [0.5, 0.6) is 0 Å². The largest absolute Gasteiger partial charge is 0.465 e. The summed E-state index contributed by atoms with van der Waals surface area (Å²) in [5.74, 6) is -0.702. The molecule has 0 aliphatic heterocycles. The van der Waals surface area contributed by atoms with E-state index in [2.05, 4.69) is 10.6 Å². The first-order valence-electron chi connectivity index (χ1n) is 6.13. The Labute approximate surface area is 124 Å². The SMILES string of the molecule is O=C(O)Nc1ccccc1NC(=O)c1ccccc1[N+](=O)[O-]. The van der Waals surface area contributed by atoms with Crippen LogP contribution in [0.3, 0.4) is 0 Å². The maximum Gasteiger partial charge on any atom is 0.409 e. The van der Waals surface area contributed by atoms with E-state index in [0.717, 1.165) is 0 Å². The van der Waals surface area contributed by atoms with E-state index in [4.69, 9.17) is 5.11 Å². The first-order chi connectivity index (χ1) is 10.5. The molecule has 0 radical (unpaired) electrons. The smallest absolute Gasteiger partial charge is 0.409 e. The van der Waals surface area contributed by atoms with Gasteiger partial charge in [-0.25, -0.2) is 4.79 Å². The van der Waals surface area contributed by atoms with Gasteiger partial charge in [-0.3, -0.25) is 20.2 Å². The molecule has 3 N–H and O–H groups in total. The molecule has 8 nitrogen and oxygen atoms in total. The maximum atomic E-state index is 12.2. The molecule has 8 heteroatoms. The monoisotopic (exact) mass is 301 g/mol. The minimum atomic E-state index is -1.28. The van der Waals surface area contributed by atoms with Gasteiger partial charge < -0.3 is 10.4 Å². The third-order valence-electron chi connectivity index (χ3n) is 2.76. The molecule has 0 bridgehead atoms. The third kappa shape index (κ3) is 3.37. The minimum absolute atomic E-state index is 0.113. The second kappa shape index (κ2) is 6.35. The van der Waals surface area contributed by atoms with Crippen LogP contribution in [-0.4, -0.2) is 22.0 Å². The van der Waals surface area contributed by atoms with Gasteiger partial charge in [-0.05, 0) is 18.2 Å². The third-order valence-corrected chi connectivity index (χ3v) is 2.76. The molecular formula is C14H11N3O5. The lowest BCUT2D eigenvalue weighted by atomic mass is 10.1. The number of carbonyl (C=O) groups excluding carboxylic acids is 1. The quantitative estimate of drug-likeness (QED) is 0.592. The summed E-state index contributed by atoms with van der Waals surface area (Å²) in [4.78, 5) is 33.2. The zero-order valence-corrected chi connectivity index (χ0v) is 11.1. The van der Waals surface area contributed by atoms with Crippen molar-refractivity contribution in [3.05, 3.63) is 64.2 Å². The number of hydrogen-bond donors (Lipinski definition) is 3. The number of nitrogens with zero attached hydrogens (tertiary/aromatic N) is 1. The second-order valence-corrected chi connectivity index (χ2v) is 4.20. The van der Waals surface area contributed by atoms with Crippen molar-refractivity contribution < 1.29 is 19.6 Å². The van der Waals surface area contributed by atoms with Gasteiger partial charge in [-0.1, -0.05) is 24.3 Å². The highest BCUT2D eigenvalue weighted by Gasteiger charge is 2.20. The predicted molar refractivity (Wildman–Crippen MR) is 79.1 cm³/mol. The molecule has 2 amide bonds. The number of rotatable bonds is 4. The van der Waals surface area contributed by atoms with Gasteiger partial charge in [-0.2, -0.15) is 0 Å². The molecule has 0 heterocycles. The van der Waals surface area contributed by atoms with Crippen molar-refractivity contribution in [1.82, 2.24) is 0 Å². The first kappa shape index (κ1) is 15.0. The molecule has 2 aromatic rings. The summed E-state index contributed by atoms with van der Waals surface area (Å²) in [6, 6.07) is 11.6. The Balaban J connectivity index is 2.30. The van der Waals surface area contributed by atoms with Crippen LogP contribution < -0.4 is 10.6 Å². The van der Waals surface area contributed by atoms with Crippen LogP contribution in [0.15, 0.2) is 48.5 Å². The van der Waals surface area contributed by atoms with Crippen LogP contribution in [0.25, 0.3) is 0 Å². The van der Waals surface area contributed by atoms with E-state index < -0.39 is 16.9 Å². The molecule has 0 saturated heterocycles. The van der Waals surface area contributed by atoms with Crippen molar-refractivity contribution in [3.8, 4) is 0 Å². The summed E-state index contributed by atoms with van der Waals surface area (Å²) in [6.45, 7) is 0. The van der Waals surface area contributed by atoms with Gasteiger partial charge in [0.1, 0.15) is 5.56 Å². The predicted octanol–water partition coefficient (Wildman–Crippen LogP) is 2.94. The molecule has 2 aromatic carbocycles. The molecule has 0 aromatic heterocycles. The Morgan fingerprint density at radius 1 is 0.955 bits per heavy atom. The Bertz CT molecular complexity index is 745. The summed E-state index contributed by atoms with van der Waals surface area (Å²) in [5, 5.41) is 24.3. The fourth-order valence-electron chi connectivity index (χ4n) is 1.83. The van der Waals surface area contributed by atoms with E-state index in [1.807, 2.05) is 0 Å². The average molecular weight is 301 g/mol. The van der Waals surface area contributed by atoms with Crippen molar-refractivity contribution in [3.63, 3.8) is 0 Å². The van der Waals surface area contributed by atoms with Crippen LogP contribution in [0, 0.1) is 10.1 Å². The van der Waals surface area contributed by atoms with Crippen LogP contribution >= 0.6 is 0 Å². The Morgan fingerprint density at radius 3 is 2.09 bits per heavy atom. The number of benzene rings is 2. The van der Waals surface area contributed by atoms with Gasteiger partial charge in [0, 0.05) is 6.07 Å². The number of anilines is 2. The maximum absolute atomic E-state index is 12.2. The first-order valence-corrected chi connectivity index (χ1v) is 6.13. The summed E-state index contributed by atoms with van der Waals surface area (Å²) < 4.78 is 0. The van der Waals surface area contributed by atoms with Crippen LogP contribution in [0.1, 0.15) is 10.4 Å². The molecule has 0 unspecified atom stereocenters. The average Bonchev–Trinajstić information content (AvgIpc) is 2.48. The second-order valence-electron chi connectivity index (χ2n) is 4.20. The van der Waals surface area contributed by atoms with Gasteiger partial charge in [0.05, 0.1) is 16.3 Å². The van der Waals surface area contributed by atoms with Crippen LogP contribution in [0.4, 0.5) is 21.9 Å². The van der Waals surface area contributed by atoms with E-state index in [0.29, 0.717) is 0 Å². The molecule has 0 atom stereocenters. The fraction of sp³-hybridized carbons (Fsp3) is 0. The highest BCUT2D eigenvalue weighted by atomic mass is 16.6. The van der Waals surface area contributed by atoms with Gasteiger partial charge in [0.25, 0.3) is 11.6 Å². The van der Waals surface area contributed by atoms with Gasteiger partial charge in [0.15, 0.2) is 0 Å². The van der Waals surface area contributed by atoms with Crippen molar-refractivity contribution in [1.29, 1.82) is 0 Å². The topological polar surface area (TPSA) is 122 Å². The van der Waals surface area contributed by atoms with E-state index in [1.165, 1.54) is 36.4 Å². The standard InChI is InChI=1S/C14H11N3O5/c18-13(9-5-1-4-8-12(9)17(21)22)15-10-6-2-3-7-11(10)16-14(19)20/h1-8,16H,(H,15,18)(H,19,20). The molecule has 2 rings (SSSR count). The molecule has 22 heavy (non-hydrogen) atoms. The number of carbonyl (C=O) groups is 2. The normalized spacial score (nSPS) is 9.82. The Kier molecular flexibility index (Phi) is 4.33. The Hall–Kier alpha value is -3.42. The summed E-state index contributed by atoms with van der Waals surface area (Å²) in [6.07, 6.45) is -1.28. The molecule has 0 spiro atoms. The summed E-state index contributed by atoms with van der Waals surface area (Å²) in [5.41, 5.74) is -0.0729. The number of nitro benzene ring substituents is 1. The Morgan fingerprint density at radius 2 is 1.50 bits per heavy atom. The lowest BCUT2D eigenvalue weighted by Crippen LogP contribution is -2.16.